The molecule has 0 unspecified atom stereocenters. The summed E-state index contributed by atoms with van der Waals surface area (Å²) in [6.45, 7) is 2.04. The van der Waals surface area contributed by atoms with Crippen LogP contribution >= 0.6 is 11.6 Å². The molecule has 0 atom stereocenters. The van der Waals surface area contributed by atoms with E-state index >= 15 is 0 Å². The molecule has 2 rings (SSSR count). The maximum Gasteiger partial charge on any atom is 0.211 e. The third kappa shape index (κ3) is 3.33. The average molecular weight is 296 g/mol. The Balaban J connectivity index is 2.31. The molecule has 1 aliphatic rings. The first kappa shape index (κ1) is 14.5. The number of ether oxygens (including phenoxy) is 1. The van der Waals surface area contributed by atoms with Crippen LogP contribution in [0.25, 0.3) is 0 Å². The molecule has 0 spiro atoms. The predicted molar refractivity (Wildman–Crippen MR) is 82.9 cm³/mol. The van der Waals surface area contributed by atoms with E-state index in [9.17, 15) is 0 Å². The monoisotopic (exact) mass is 295 g/mol. The fourth-order valence-corrected chi connectivity index (χ4v) is 2.39. The van der Waals surface area contributed by atoms with Crippen molar-refractivity contribution in [2.24, 2.45) is 21.7 Å². The predicted octanol–water partition coefficient (Wildman–Crippen LogP) is 1.56. The van der Waals surface area contributed by atoms with Crippen LogP contribution < -0.4 is 21.1 Å². The van der Waals surface area contributed by atoms with Crippen LogP contribution in [0.4, 0.5) is 5.69 Å². The third-order valence-electron chi connectivity index (χ3n) is 3.11. The summed E-state index contributed by atoms with van der Waals surface area (Å²) >= 11 is 6.27. The van der Waals surface area contributed by atoms with Gasteiger partial charge in [-0.25, -0.2) is 0 Å². The first-order valence-corrected chi connectivity index (χ1v) is 6.74. The normalized spacial score (nSPS) is 14.8. The van der Waals surface area contributed by atoms with Crippen molar-refractivity contribution in [2.45, 2.75) is 12.8 Å². The van der Waals surface area contributed by atoms with Gasteiger partial charge in [-0.1, -0.05) is 11.6 Å². The van der Waals surface area contributed by atoms with Gasteiger partial charge in [0.2, 0.25) is 5.96 Å². The Labute approximate surface area is 123 Å². The molecule has 0 amide bonds. The minimum absolute atomic E-state index is 0.0991. The highest BCUT2D eigenvalue weighted by Gasteiger charge is 2.18. The van der Waals surface area contributed by atoms with E-state index in [-0.39, 0.29) is 5.96 Å². The topological polar surface area (TPSA) is 89.2 Å². The number of benzene rings is 1. The number of methoxy groups -OCH3 is 1. The van der Waals surface area contributed by atoms with Gasteiger partial charge in [0.25, 0.3) is 0 Å². The number of rotatable bonds is 4. The SMILES string of the molecule is COc1cc(C=NN=C(N)N)c(Cl)cc1N1CCCC1. The number of nitrogens with two attached hydrogens (primary N) is 2. The summed E-state index contributed by atoms with van der Waals surface area (Å²) in [4.78, 5) is 2.27. The van der Waals surface area contributed by atoms with Crippen molar-refractivity contribution in [3.8, 4) is 5.75 Å². The van der Waals surface area contributed by atoms with E-state index in [2.05, 4.69) is 15.1 Å². The Hall–Kier alpha value is -1.95. The summed E-state index contributed by atoms with van der Waals surface area (Å²) in [6, 6.07) is 3.73. The van der Waals surface area contributed by atoms with Crippen molar-refractivity contribution in [1.29, 1.82) is 0 Å². The van der Waals surface area contributed by atoms with Gasteiger partial charge in [0.05, 0.1) is 24.0 Å². The standard InChI is InChI=1S/C13H18ClN5O/c1-20-12-6-9(8-17-18-13(15)16)10(14)7-11(12)19-4-2-3-5-19/h6-8H,2-5H2,1H3,(H4,15,16,18). The Morgan fingerprint density at radius 1 is 1.35 bits per heavy atom. The van der Waals surface area contributed by atoms with Crippen LogP contribution in [0.1, 0.15) is 18.4 Å². The lowest BCUT2D eigenvalue weighted by atomic mass is 10.2. The highest BCUT2D eigenvalue weighted by molar-refractivity contribution is 6.33. The summed E-state index contributed by atoms with van der Waals surface area (Å²) in [5.74, 6) is 0.667. The smallest absolute Gasteiger partial charge is 0.211 e. The number of nitrogens with zero attached hydrogens (tertiary/aromatic N) is 3. The van der Waals surface area contributed by atoms with Crippen molar-refractivity contribution in [3.05, 3.63) is 22.7 Å². The van der Waals surface area contributed by atoms with Crippen molar-refractivity contribution in [2.75, 3.05) is 25.1 Å². The van der Waals surface area contributed by atoms with Crippen molar-refractivity contribution in [1.82, 2.24) is 0 Å². The molecule has 1 aromatic carbocycles. The van der Waals surface area contributed by atoms with Crippen LogP contribution in [0, 0.1) is 0 Å². The maximum atomic E-state index is 6.27. The zero-order valence-electron chi connectivity index (χ0n) is 11.3. The second-order valence-corrected chi connectivity index (χ2v) is 4.92. The van der Waals surface area contributed by atoms with Crippen LogP contribution in [0.3, 0.4) is 0 Å². The van der Waals surface area contributed by atoms with Gasteiger partial charge in [-0.05, 0) is 25.0 Å². The molecule has 1 aromatic rings. The first-order chi connectivity index (χ1) is 9.61. The van der Waals surface area contributed by atoms with E-state index in [1.807, 2.05) is 12.1 Å². The minimum Gasteiger partial charge on any atom is -0.495 e. The molecule has 0 saturated carbocycles. The summed E-state index contributed by atoms with van der Waals surface area (Å²) in [7, 11) is 1.64. The molecule has 20 heavy (non-hydrogen) atoms. The molecule has 0 bridgehead atoms. The van der Waals surface area contributed by atoms with Gasteiger partial charge in [-0.2, -0.15) is 5.10 Å². The van der Waals surface area contributed by atoms with Crippen molar-refractivity contribution in [3.63, 3.8) is 0 Å². The molecular formula is C13H18ClN5O. The number of hydrogen-bond acceptors (Lipinski definition) is 4. The van der Waals surface area contributed by atoms with E-state index in [4.69, 9.17) is 27.8 Å². The summed E-state index contributed by atoms with van der Waals surface area (Å²) < 4.78 is 5.43. The lowest BCUT2D eigenvalue weighted by Gasteiger charge is -2.21. The largest absolute Gasteiger partial charge is 0.495 e. The van der Waals surface area contributed by atoms with E-state index < -0.39 is 0 Å². The van der Waals surface area contributed by atoms with E-state index in [1.54, 1.807) is 7.11 Å². The van der Waals surface area contributed by atoms with Crippen molar-refractivity contribution >= 4 is 29.5 Å². The lowest BCUT2D eigenvalue weighted by Crippen LogP contribution is -2.21. The number of anilines is 1. The summed E-state index contributed by atoms with van der Waals surface area (Å²) in [5, 5.41) is 7.90. The van der Waals surface area contributed by atoms with E-state index in [0.29, 0.717) is 10.6 Å². The molecule has 6 nitrogen and oxygen atoms in total. The van der Waals surface area contributed by atoms with Gasteiger partial charge in [-0.3, -0.25) is 0 Å². The molecule has 1 heterocycles. The maximum absolute atomic E-state index is 6.27. The van der Waals surface area contributed by atoms with Gasteiger partial charge in [0, 0.05) is 18.7 Å². The zero-order chi connectivity index (χ0) is 14.5. The Morgan fingerprint density at radius 2 is 2.05 bits per heavy atom. The lowest BCUT2D eigenvalue weighted by molar-refractivity contribution is 0.415. The fourth-order valence-electron chi connectivity index (χ4n) is 2.18. The highest BCUT2D eigenvalue weighted by Crippen LogP contribution is 2.35. The first-order valence-electron chi connectivity index (χ1n) is 6.36. The van der Waals surface area contributed by atoms with E-state index in [0.717, 1.165) is 24.5 Å². The molecule has 1 aliphatic heterocycles. The molecule has 0 aliphatic carbocycles. The van der Waals surface area contributed by atoms with Crippen molar-refractivity contribution < 1.29 is 4.74 Å². The van der Waals surface area contributed by atoms with Gasteiger partial charge in [0.1, 0.15) is 5.75 Å². The van der Waals surface area contributed by atoms with Gasteiger partial charge in [-0.15, -0.1) is 5.10 Å². The molecule has 0 aromatic heterocycles. The van der Waals surface area contributed by atoms with Crippen LogP contribution in [0.15, 0.2) is 22.3 Å². The minimum atomic E-state index is -0.0991. The average Bonchev–Trinajstić information content (AvgIpc) is 2.93. The number of guanidine groups is 1. The molecule has 4 N–H and O–H groups in total. The molecular weight excluding hydrogens is 278 g/mol. The Bertz CT molecular complexity index is 534. The quantitative estimate of drug-likeness (QED) is 0.501. The Kier molecular flexibility index (Phi) is 4.68. The van der Waals surface area contributed by atoms with Crippen LogP contribution in [0.2, 0.25) is 5.02 Å². The van der Waals surface area contributed by atoms with Crippen LogP contribution in [-0.2, 0) is 0 Å². The van der Waals surface area contributed by atoms with E-state index in [1.165, 1.54) is 19.1 Å². The third-order valence-corrected chi connectivity index (χ3v) is 3.44. The van der Waals surface area contributed by atoms with Gasteiger partial charge >= 0.3 is 0 Å². The second kappa shape index (κ2) is 6.47. The molecule has 0 radical (unpaired) electrons. The van der Waals surface area contributed by atoms with Gasteiger partial charge in [0.15, 0.2) is 0 Å². The number of halogens is 1. The number of hydrogen-bond donors (Lipinski definition) is 2. The van der Waals surface area contributed by atoms with Crippen LogP contribution in [-0.4, -0.2) is 32.4 Å². The fraction of sp³-hybridized carbons (Fsp3) is 0.385. The zero-order valence-corrected chi connectivity index (χ0v) is 12.1. The molecule has 1 fully saturated rings. The molecule has 7 heteroatoms. The van der Waals surface area contributed by atoms with Crippen LogP contribution in [0.5, 0.6) is 5.75 Å². The summed E-state index contributed by atoms with van der Waals surface area (Å²) in [6.07, 6.45) is 3.88. The Morgan fingerprint density at radius 3 is 2.65 bits per heavy atom. The summed E-state index contributed by atoms with van der Waals surface area (Å²) in [5.41, 5.74) is 12.1. The van der Waals surface area contributed by atoms with Gasteiger partial charge < -0.3 is 21.1 Å². The highest BCUT2D eigenvalue weighted by atomic mass is 35.5. The second-order valence-electron chi connectivity index (χ2n) is 4.51. The molecule has 108 valence electrons. The molecule has 1 saturated heterocycles.